The molecule has 0 bridgehead atoms. The molecule has 1 rings (SSSR count). The van der Waals surface area contributed by atoms with Gasteiger partial charge in [-0.05, 0) is 25.0 Å². The van der Waals surface area contributed by atoms with E-state index in [1.165, 1.54) is 6.20 Å². The van der Waals surface area contributed by atoms with E-state index in [4.69, 9.17) is 11.5 Å². The first-order chi connectivity index (χ1) is 6.74. The van der Waals surface area contributed by atoms with Crippen LogP contribution in [0.25, 0.3) is 0 Å². The van der Waals surface area contributed by atoms with Gasteiger partial charge in [0.25, 0.3) is 0 Å². The molecule has 0 radical (unpaired) electrons. The monoisotopic (exact) mass is 189 g/mol. The van der Waals surface area contributed by atoms with Crippen molar-refractivity contribution >= 4 is 5.97 Å². The number of hydrogen-bond donors (Lipinski definition) is 1. The highest BCUT2D eigenvalue weighted by molar-refractivity contribution is 5.87. The van der Waals surface area contributed by atoms with E-state index in [-0.39, 0.29) is 5.56 Å². The van der Waals surface area contributed by atoms with Gasteiger partial charge in [0.1, 0.15) is 0 Å². The minimum Gasteiger partial charge on any atom is -0.478 e. The SMILES string of the molecule is C#CCCCc1ccc(C(=O)O)cn1. The predicted octanol–water partition coefficient (Wildman–Crippen LogP) is 1.74. The molecule has 1 N–H and O–H groups in total. The molecular weight excluding hydrogens is 178 g/mol. The molecule has 0 fully saturated rings. The highest BCUT2D eigenvalue weighted by atomic mass is 16.4. The van der Waals surface area contributed by atoms with E-state index < -0.39 is 5.97 Å². The molecule has 0 unspecified atom stereocenters. The standard InChI is InChI=1S/C11H11NO2/c1-2-3-4-5-10-7-6-9(8-12-10)11(13)14/h1,6-8H,3-5H2,(H,13,14). The Morgan fingerprint density at radius 3 is 2.86 bits per heavy atom. The van der Waals surface area contributed by atoms with Gasteiger partial charge in [-0.3, -0.25) is 4.98 Å². The molecule has 1 aromatic rings. The maximum atomic E-state index is 10.5. The molecule has 0 saturated carbocycles. The van der Waals surface area contributed by atoms with Crippen molar-refractivity contribution in [2.24, 2.45) is 0 Å². The summed E-state index contributed by atoms with van der Waals surface area (Å²) in [6.45, 7) is 0. The second-order valence-electron chi connectivity index (χ2n) is 2.90. The maximum absolute atomic E-state index is 10.5. The minimum absolute atomic E-state index is 0.214. The maximum Gasteiger partial charge on any atom is 0.337 e. The fourth-order valence-electron chi connectivity index (χ4n) is 1.07. The topological polar surface area (TPSA) is 50.2 Å². The number of carboxylic acid groups (broad SMARTS) is 1. The van der Waals surface area contributed by atoms with E-state index in [0.29, 0.717) is 0 Å². The van der Waals surface area contributed by atoms with E-state index in [2.05, 4.69) is 10.9 Å². The van der Waals surface area contributed by atoms with Crippen molar-refractivity contribution in [3.63, 3.8) is 0 Å². The van der Waals surface area contributed by atoms with E-state index in [9.17, 15) is 4.79 Å². The molecule has 0 saturated heterocycles. The highest BCUT2D eigenvalue weighted by Crippen LogP contribution is 2.03. The molecular formula is C11H11NO2. The zero-order chi connectivity index (χ0) is 10.4. The number of aryl methyl sites for hydroxylation is 1. The number of aromatic nitrogens is 1. The van der Waals surface area contributed by atoms with E-state index in [1.54, 1.807) is 12.1 Å². The van der Waals surface area contributed by atoms with Crippen LogP contribution >= 0.6 is 0 Å². The van der Waals surface area contributed by atoms with Gasteiger partial charge in [-0.25, -0.2) is 4.79 Å². The lowest BCUT2D eigenvalue weighted by Gasteiger charge is -1.98. The number of pyridine rings is 1. The first kappa shape index (κ1) is 10.3. The molecule has 0 atom stereocenters. The van der Waals surface area contributed by atoms with Crippen molar-refractivity contribution in [3.05, 3.63) is 29.6 Å². The number of hydrogen-bond acceptors (Lipinski definition) is 2. The van der Waals surface area contributed by atoms with E-state index in [0.717, 1.165) is 25.0 Å². The Bertz CT molecular complexity index is 349. The Morgan fingerprint density at radius 1 is 1.57 bits per heavy atom. The summed E-state index contributed by atoms with van der Waals surface area (Å²) in [7, 11) is 0. The predicted molar refractivity (Wildman–Crippen MR) is 53.0 cm³/mol. The molecule has 0 spiro atoms. The van der Waals surface area contributed by atoms with Crippen molar-refractivity contribution in [1.29, 1.82) is 0 Å². The normalized spacial score (nSPS) is 9.36. The first-order valence-corrected chi connectivity index (χ1v) is 4.35. The Balaban J connectivity index is 2.56. The van der Waals surface area contributed by atoms with Gasteiger partial charge in [0.15, 0.2) is 0 Å². The Kier molecular flexibility index (Phi) is 3.69. The molecule has 0 aliphatic carbocycles. The number of rotatable bonds is 4. The number of terminal acetylenes is 1. The van der Waals surface area contributed by atoms with Crippen LogP contribution in [0, 0.1) is 12.3 Å². The van der Waals surface area contributed by atoms with Crippen molar-refractivity contribution in [2.75, 3.05) is 0 Å². The average molecular weight is 189 g/mol. The summed E-state index contributed by atoms with van der Waals surface area (Å²) in [6, 6.07) is 3.28. The van der Waals surface area contributed by atoms with Gasteiger partial charge in [0.05, 0.1) is 5.56 Å². The molecule has 0 aromatic carbocycles. The van der Waals surface area contributed by atoms with Gasteiger partial charge in [-0.1, -0.05) is 0 Å². The molecule has 1 heterocycles. The summed E-state index contributed by atoms with van der Waals surface area (Å²) < 4.78 is 0. The Hall–Kier alpha value is -1.82. The van der Waals surface area contributed by atoms with Gasteiger partial charge >= 0.3 is 5.97 Å². The largest absolute Gasteiger partial charge is 0.478 e. The quantitative estimate of drug-likeness (QED) is 0.579. The van der Waals surface area contributed by atoms with Crippen LogP contribution in [0.2, 0.25) is 0 Å². The summed E-state index contributed by atoms with van der Waals surface area (Å²) in [5, 5.41) is 8.62. The summed E-state index contributed by atoms with van der Waals surface area (Å²) in [5.41, 5.74) is 1.09. The van der Waals surface area contributed by atoms with Gasteiger partial charge in [0.2, 0.25) is 0 Å². The number of carboxylic acids is 1. The summed E-state index contributed by atoms with van der Waals surface area (Å²) in [4.78, 5) is 14.5. The zero-order valence-electron chi connectivity index (χ0n) is 7.73. The van der Waals surface area contributed by atoms with Crippen LogP contribution in [-0.4, -0.2) is 16.1 Å². The molecule has 3 heteroatoms. The van der Waals surface area contributed by atoms with Crippen molar-refractivity contribution < 1.29 is 9.90 Å². The van der Waals surface area contributed by atoms with Crippen LogP contribution < -0.4 is 0 Å². The third-order valence-electron chi connectivity index (χ3n) is 1.83. The molecule has 0 amide bonds. The summed E-state index contributed by atoms with van der Waals surface area (Å²) in [5.74, 6) is 1.59. The number of nitrogens with zero attached hydrogens (tertiary/aromatic N) is 1. The fourth-order valence-corrected chi connectivity index (χ4v) is 1.07. The van der Waals surface area contributed by atoms with Crippen molar-refractivity contribution in [3.8, 4) is 12.3 Å². The van der Waals surface area contributed by atoms with Crippen molar-refractivity contribution in [2.45, 2.75) is 19.3 Å². The number of unbranched alkanes of at least 4 members (excludes halogenated alkanes) is 1. The lowest BCUT2D eigenvalue weighted by Crippen LogP contribution is -1.98. The molecule has 14 heavy (non-hydrogen) atoms. The third-order valence-corrected chi connectivity index (χ3v) is 1.83. The lowest BCUT2D eigenvalue weighted by atomic mass is 10.1. The van der Waals surface area contributed by atoms with Gasteiger partial charge in [0, 0.05) is 18.3 Å². The van der Waals surface area contributed by atoms with Gasteiger partial charge in [-0.2, -0.15) is 0 Å². The second kappa shape index (κ2) is 5.03. The zero-order valence-corrected chi connectivity index (χ0v) is 7.73. The lowest BCUT2D eigenvalue weighted by molar-refractivity contribution is 0.0696. The van der Waals surface area contributed by atoms with Gasteiger partial charge in [-0.15, -0.1) is 12.3 Å². The summed E-state index contributed by atoms with van der Waals surface area (Å²) >= 11 is 0. The summed E-state index contributed by atoms with van der Waals surface area (Å²) in [6.07, 6.45) is 8.88. The number of carbonyl (C=O) groups is 1. The van der Waals surface area contributed by atoms with Crippen LogP contribution in [0.3, 0.4) is 0 Å². The molecule has 0 aliphatic heterocycles. The average Bonchev–Trinajstić information content (AvgIpc) is 2.19. The second-order valence-corrected chi connectivity index (χ2v) is 2.90. The van der Waals surface area contributed by atoms with Crippen LogP contribution in [0.15, 0.2) is 18.3 Å². The van der Waals surface area contributed by atoms with Crippen LogP contribution in [0.4, 0.5) is 0 Å². The minimum atomic E-state index is -0.951. The smallest absolute Gasteiger partial charge is 0.337 e. The van der Waals surface area contributed by atoms with Gasteiger partial charge < -0.3 is 5.11 Å². The third kappa shape index (κ3) is 2.91. The molecule has 72 valence electrons. The van der Waals surface area contributed by atoms with E-state index in [1.807, 2.05) is 0 Å². The van der Waals surface area contributed by atoms with Crippen LogP contribution in [0.5, 0.6) is 0 Å². The van der Waals surface area contributed by atoms with E-state index >= 15 is 0 Å². The Morgan fingerprint density at radius 2 is 2.36 bits per heavy atom. The molecule has 3 nitrogen and oxygen atoms in total. The van der Waals surface area contributed by atoms with Crippen molar-refractivity contribution in [1.82, 2.24) is 4.98 Å². The first-order valence-electron chi connectivity index (χ1n) is 4.35. The highest BCUT2D eigenvalue weighted by Gasteiger charge is 2.02. The van der Waals surface area contributed by atoms with Crippen LogP contribution in [0.1, 0.15) is 28.9 Å². The Labute approximate surface area is 82.8 Å². The number of aromatic carboxylic acids is 1. The fraction of sp³-hybridized carbons (Fsp3) is 0.273. The van der Waals surface area contributed by atoms with Crippen LogP contribution in [-0.2, 0) is 6.42 Å². The molecule has 0 aliphatic rings. The molecule has 1 aromatic heterocycles.